The number of anilines is 3. The lowest BCUT2D eigenvalue weighted by Crippen LogP contribution is -2.12. The van der Waals surface area contributed by atoms with Crippen LogP contribution in [-0.2, 0) is 0 Å². The number of aromatic nitrogens is 4. The molecule has 0 atom stereocenters. The van der Waals surface area contributed by atoms with Gasteiger partial charge in [-0.3, -0.25) is 4.79 Å². The molecular formula is C19H25N7O2. The van der Waals surface area contributed by atoms with E-state index in [2.05, 4.69) is 32.6 Å². The lowest BCUT2D eigenvalue weighted by molar-refractivity contribution is 0.100. The van der Waals surface area contributed by atoms with E-state index in [0.717, 1.165) is 5.92 Å². The van der Waals surface area contributed by atoms with Crippen LogP contribution in [0.2, 0.25) is 0 Å². The first-order chi connectivity index (χ1) is 13.5. The molecule has 148 valence electrons. The second kappa shape index (κ2) is 8.55. The highest BCUT2D eigenvalue weighted by Gasteiger charge is 2.15. The molecule has 1 fully saturated rings. The molecule has 1 saturated carbocycles. The quantitative estimate of drug-likeness (QED) is 0.620. The predicted octanol–water partition coefficient (Wildman–Crippen LogP) is 2.82. The zero-order valence-electron chi connectivity index (χ0n) is 16.3. The highest BCUT2D eigenvalue weighted by molar-refractivity contribution is 5.99. The Bertz CT molecular complexity index is 966. The van der Waals surface area contributed by atoms with Crippen LogP contribution in [0.3, 0.4) is 0 Å². The van der Waals surface area contributed by atoms with Crippen molar-refractivity contribution in [1.29, 1.82) is 0 Å². The van der Waals surface area contributed by atoms with E-state index in [9.17, 15) is 4.79 Å². The van der Waals surface area contributed by atoms with Gasteiger partial charge >= 0.3 is 0 Å². The summed E-state index contributed by atoms with van der Waals surface area (Å²) in [6, 6.07) is 5.33. The second-order valence-electron chi connectivity index (χ2n) is 6.66. The number of nitrogens with two attached hydrogens (primary N) is 1. The van der Waals surface area contributed by atoms with Crippen molar-refractivity contribution in [2.45, 2.75) is 26.2 Å². The lowest BCUT2D eigenvalue weighted by atomic mass is 9.88. The largest absolute Gasteiger partial charge is 0.480 e. The Kier molecular flexibility index (Phi) is 5.93. The average molecular weight is 383 g/mol. The van der Waals surface area contributed by atoms with Crippen molar-refractivity contribution in [3.05, 3.63) is 36.2 Å². The number of carbonyl (C=O) groups is 1. The number of methoxy groups -OCH3 is 1. The minimum Gasteiger partial charge on any atom is -0.480 e. The first kappa shape index (κ1) is 19.4. The summed E-state index contributed by atoms with van der Waals surface area (Å²) < 4.78 is 6.71. The summed E-state index contributed by atoms with van der Waals surface area (Å²) >= 11 is 0. The van der Waals surface area contributed by atoms with E-state index in [1.54, 1.807) is 25.4 Å². The summed E-state index contributed by atoms with van der Waals surface area (Å²) in [6.07, 6.45) is 7.48. The molecular weight excluding hydrogens is 358 g/mol. The molecule has 9 heteroatoms. The number of ether oxygens (including phenoxy) is 1. The number of hydrogen-bond donors (Lipinski definition) is 3. The Morgan fingerprint density at radius 2 is 2.14 bits per heavy atom. The van der Waals surface area contributed by atoms with Gasteiger partial charge in [0.1, 0.15) is 22.9 Å². The number of carbonyl (C=O) groups excluding carboxylic acids is 1. The highest BCUT2D eigenvalue weighted by atomic mass is 16.5. The Labute approximate surface area is 163 Å². The Morgan fingerprint density at radius 1 is 1.39 bits per heavy atom. The molecule has 3 heterocycles. The highest BCUT2D eigenvalue weighted by Crippen LogP contribution is 2.26. The molecule has 4 rings (SSSR count). The first-order valence-electron chi connectivity index (χ1n) is 9.15. The third-order valence-corrected chi connectivity index (χ3v) is 4.61. The van der Waals surface area contributed by atoms with E-state index >= 15 is 0 Å². The van der Waals surface area contributed by atoms with Gasteiger partial charge in [-0.05, 0) is 18.1 Å². The second-order valence-corrected chi connectivity index (χ2v) is 6.66. The fourth-order valence-electron chi connectivity index (χ4n) is 2.78. The number of nitrogens with zero attached hydrogens (tertiary/aromatic N) is 4. The van der Waals surface area contributed by atoms with Crippen LogP contribution in [0.25, 0.3) is 5.65 Å². The molecule has 1 amide bonds. The minimum atomic E-state index is -0.592. The fraction of sp³-hybridized carbons (Fsp3) is 0.368. The number of amides is 1. The van der Waals surface area contributed by atoms with Crippen LogP contribution in [0.4, 0.5) is 17.3 Å². The van der Waals surface area contributed by atoms with Gasteiger partial charge in [0.25, 0.3) is 5.91 Å². The van der Waals surface area contributed by atoms with E-state index in [1.165, 1.54) is 37.1 Å². The summed E-state index contributed by atoms with van der Waals surface area (Å²) in [4.78, 5) is 20.0. The van der Waals surface area contributed by atoms with Gasteiger partial charge in [-0.2, -0.15) is 9.61 Å². The zero-order valence-corrected chi connectivity index (χ0v) is 16.3. The summed E-state index contributed by atoms with van der Waals surface area (Å²) in [5, 5.41) is 10.2. The molecule has 0 aromatic carbocycles. The van der Waals surface area contributed by atoms with E-state index in [1.807, 2.05) is 6.07 Å². The smallest absolute Gasteiger partial charge is 0.254 e. The molecule has 9 nitrogen and oxygen atoms in total. The van der Waals surface area contributed by atoms with Crippen molar-refractivity contribution < 1.29 is 9.53 Å². The topological polar surface area (TPSA) is 119 Å². The lowest BCUT2D eigenvalue weighted by Gasteiger charge is -2.18. The van der Waals surface area contributed by atoms with Gasteiger partial charge in [-0.25, -0.2) is 9.97 Å². The fourth-order valence-corrected chi connectivity index (χ4v) is 2.78. The van der Waals surface area contributed by atoms with Gasteiger partial charge in [0.15, 0.2) is 5.65 Å². The molecule has 4 N–H and O–H groups in total. The average Bonchev–Trinajstić information content (AvgIpc) is 3.11. The van der Waals surface area contributed by atoms with Crippen LogP contribution in [0.1, 0.15) is 36.5 Å². The molecule has 0 spiro atoms. The molecule has 3 aromatic heterocycles. The molecule has 0 radical (unpaired) electrons. The minimum absolute atomic E-state index is 0.239. The van der Waals surface area contributed by atoms with E-state index in [-0.39, 0.29) is 5.56 Å². The monoisotopic (exact) mass is 383 g/mol. The van der Waals surface area contributed by atoms with Crippen molar-refractivity contribution in [2.75, 3.05) is 24.8 Å². The maximum atomic E-state index is 11.5. The van der Waals surface area contributed by atoms with Crippen LogP contribution in [0, 0.1) is 5.92 Å². The molecule has 1 aliphatic rings. The van der Waals surface area contributed by atoms with Gasteiger partial charge in [0.2, 0.25) is 5.88 Å². The van der Waals surface area contributed by atoms with Crippen LogP contribution >= 0.6 is 0 Å². The number of rotatable bonds is 5. The Balaban J connectivity index is 0.000000391. The predicted molar refractivity (Wildman–Crippen MR) is 108 cm³/mol. The maximum Gasteiger partial charge on any atom is 0.254 e. The normalized spacial score (nSPS) is 13.2. The standard InChI is InChI=1S/C14H15N7O2.C5H10/c1-16-11-6-10(19-9-4-3-5-17-14(9)23-2)20-13-8(12(15)22)7-18-21(11)13;1-5-3-2-4-5/h3-7,16H,1-2H3,(H2,15,22)(H,19,20);5H,2-4H2,1H3. The first-order valence-corrected chi connectivity index (χ1v) is 9.15. The van der Waals surface area contributed by atoms with Gasteiger partial charge in [0.05, 0.1) is 13.3 Å². The molecule has 0 unspecified atom stereocenters. The summed E-state index contributed by atoms with van der Waals surface area (Å²) in [5.41, 5.74) is 6.60. The van der Waals surface area contributed by atoms with Crippen LogP contribution in [0.15, 0.2) is 30.6 Å². The number of nitrogens with one attached hydrogen (secondary N) is 2. The van der Waals surface area contributed by atoms with E-state index in [4.69, 9.17) is 10.5 Å². The third kappa shape index (κ3) is 4.13. The van der Waals surface area contributed by atoms with Crippen molar-refractivity contribution in [1.82, 2.24) is 19.6 Å². The van der Waals surface area contributed by atoms with Gasteiger partial charge in [-0.15, -0.1) is 0 Å². The van der Waals surface area contributed by atoms with Crippen LogP contribution < -0.4 is 21.1 Å². The zero-order chi connectivity index (χ0) is 20.1. The Hall–Kier alpha value is -3.36. The molecule has 1 aliphatic carbocycles. The van der Waals surface area contributed by atoms with Crippen LogP contribution in [-0.4, -0.2) is 39.6 Å². The SMILES string of the molecule is CC1CCC1.CNc1cc(Nc2cccnc2OC)nc2c(C(N)=O)cnn12. The molecule has 0 saturated heterocycles. The number of pyridine rings is 1. The number of fused-ring (bicyclic) bond motifs is 1. The van der Waals surface area contributed by atoms with Crippen molar-refractivity contribution in [3.8, 4) is 5.88 Å². The Morgan fingerprint density at radius 3 is 2.71 bits per heavy atom. The van der Waals surface area contributed by atoms with Gasteiger partial charge < -0.3 is 21.1 Å². The molecule has 0 aliphatic heterocycles. The van der Waals surface area contributed by atoms with Gasteiger partial charge in [0, 0.05) is 19.3 Å². The van der Waals surface area contributed by atoms with Crippen LogP contribution in [0.5, 0.6) is 5.88 Å². The molecule has 3 aromatic rings. The summed E-state index contributed by atoms with van der Waals surface area (Å²) in [6.45, 7) is 2.31. The van der Waals surface area contributed by atoms with E-state index in [0.29, 0.717) is 28.9 Å². The van der Waals surface area contributed by atoms with Crippen molar-refractivity contribution >= 4 is 28.9 Å². The maximum absolute atomic E-state index is 11.5. The molecule has 0 bridgehead atoms. The number of hydrogen-bond acceptors (Lipinski definition) is 7. The van der Waals surface area contributed by atoms with Crippen molar-refractivity contribution in [2.24, 2.45) is 11.7 Å². The number of primary amides is 1. The summed E-state index contributed by atoms with van der Waals surface area (Å²) in [5.74, 6) is 2.05. The molecule has 28 heavy (non-hydrogen) atoms. The van der Waals surface area contributed by atoms with E-state index < -0.39 is 5.91 Å². The van der Waals surface area contributed by atoms with Crippen molar-refractivity contribution in [3.63, 3.8) is 0 Å². The summed E-state index contributed by atoms with van der Waals surface area (Å²) in [7, 11) is 3.28. The third-order valence-electron chi connectivity index (χ3n) is 4.61. The van der Waals surface area contributed by atoms with Gasteiger partial charge in [-0.1, -0.05) is 26.2 Å².